The first kappa shape index (κ1) is 14.8. The summed E-state index contributed by atoms with van der Waals surface area (Å²) in [5, 5.41) is 12.2. The summed E-state index contributed by atoms with van der Waals surface area (Å²) in [6, 6.07) is 2.45. The lowest BCUT2D eigenvalue weighted by atomic mass is 10.0. The molecule has 0 bridgehead atoms. The third kappa shape index (κ3) is 3.28. The standard InChI is InChI=1S/C15H25N5/c1-5-9-16-15(14-11-18-19(3)12(14)2)7-6-13-8-10-17-20(13)4/h8,10-11,15-16H,5-7,9H2,1-4H3. The zero-order valence-electron chi connectivity index (χ0n) is 12.9. The van der Waals surface area contributed by atoms with Crippen LogP contribution < -0.4 is 5.32 Å². The second kappa shape index (κ2) is 6.70. The van der Waals surface area contributed by atoms with Crippen molar-refractivity contribution in [3.8, 4) is 0 Å². The minimum Gasteiger partial charge on any atom is -0.310 e. The van der Waals surface area contributed by atoms with Gasteiger partial charge in [0.2, 0.25) is 0 Å². The predicted octanol–water partition coefficient (Wildman–Crippen LogP) is 2.14. The molecule has 0 aliphatic rings. The van der Waals surface area contributed by atoms with Gasteiger partial charge in [-0.25, -0.2) is 0 Å². The van der Waals surface area contributed by atoms with E-state index < -0.39 is 0 Å². The molecule has 0 aromatic carbocycles. The summed E-state index contributed by atoms with van der Waals surface area (Å²) in [5.74, 6) is 0. The van der Waals surface area contributed by atoms with Crippen LogP contribution in [0.15, 0.2) is 18.5 Å². The maximum absolute atomic E-state index is 4.37. The third-order valence-corrected chi connectivity index (χ3v) is 3.90. The molecular weight excluding hydrogens is 250 g/mol. The van der Waals surface area contributed by atoms with Crippen molar-refractivity contribution >= 4 is 0 Å². The molecule has 5 nitrogen and oxygen atoms in total. The van der Waals surface area contributed by atoms with Crippen LogP contribution in [0.3, 0.4) is 0 Å². The highest BCUT2D eigenvalue weighted by molar-refractivity contribution is 5.21. The summed E-state index contributed by atoms with van der Waals surface area (Å²) in [4.78, 5) is 0. The zero-order valence-corrected chi connectivity index (χ0v) is 12.9. The van der Waals surface area contributed by atoms with E-state index in [1.807, 2.05) is 35.9 Å². The molecule has 0 spiro atoms. The van der Waals surface area contributed by atoms with Crippen molar-refractivity contribution < 1.29 is 0 Å². The highest BCUT2D eigenvalue weighted by atomic mass is 15.3. The molecule has 110 valence electrons. The SMILES string of the molecule is CCCNC(CCc1ccnn1C)c1cnn(C)c1C. The number of hydrogen-bond acceptors (Lipinski definition) is 3. The second-order valence-electron chi connectivity index (χ2n) is 5.30. The number of nitrogens with zero attached hydrogens (tertiary/aromatic N) is 4. The number of hydrogen-bond donors (Lipinski definition) is 1. The van der Waals surface area contributed by atoms with E-state index >= 15 is 0 Å². The Morgan fingerprint density at radius 1 is 1.25 bits per heavy atom. The first-order valence-electron chi connectivity index (χ1n) is 7.32. The quantitative estimate of drug-likeness (QED) is 0.842. The monoisotopic (exact) mass is 275 g/mol. The number of aryl methyl sites for hydroxylation is 3. The van der Waals surface area contributed by atoms with Gasteiger partial charge in [-0.3, -0.25) is 9.36 Å². The Labute approximate surface area is 121 Å². The molecule has 0 aliphatic carbocycles. The Morgan fingerprint density at radius 3 is 2.60 bits per heavy atom. The summed E-state index contributed by atoms with van der Waals surface area (Å²) in [6.45, 7) is 5.36. The summed E-state index contributed by atoms with van der Waals surface area (Å²) in [7, 11) is 4.00. The molecule has 2 heterocycles. The summed E-state index contributed by atoms with van der Waals surface area (Å²) in [5.41, 5.74) is 3.82. The first-order valence-corrected chi connectivity index (χ1v) is 7.32. The highest BCUT2D eigenvalue weighted by Crippen LogP contribution is 2.22. The van der Waals surface area contributed by atoms with Crippen molar-refractivity contribution in [2.24, 2.45) is 14.1 Å². The Morgan fingerprint density at radius 2 is 2.05 bits per heavy atom. The Bertz CT molecular complexity index is 540. The van der Waals surface area contributed by atoms with E-state index in [9.17, 15) is 0 Å². The van der Waals surface area contributed by atoms with Crippen LogP contribution in [0.2, 0.25) is 0 Å². The molecule has 0 saturated heterocycles. The van der Waals surface area contributed by atoms with Crippen molar-refractivity contribution in [1.82, 2.24) is 24.9 Å². The third-order valence-electron chi connectivity index (χ3n) is 3.90. The second-order valence-corrected chi connectivity index (χ2v) is 5.30. The van der Waals surface area contributed by atoms with Crippen molar-refractivity contribution in [2.75, 3.05) is 6.54 Å². The van der Waals surface area contributed by atoms with Crippen LogP contribution >= 0.6 is 0 Å². The number of aromatic nitrogens is 4. The van der Waals surface area contributed by atoms with Crippen LogP contribution in [0.25, 0.3) is 0 Å². The van der Waals surface area contributed by atoms with E-state index in [4.69, 9.17) is 0 Å². The van der Waals surface area contributed by atoms with Crippen LogP contribution in [0.4, 0.5) is 0 Å². The molecule has 0 amide bonds. The molecule has 0 fully saturated rings. The summed E-state index contributed by atoms with van der Waals surface area (Å²) >= 11 is 0. The molecule has 20 heavy (non-hydrogen) atoms. The van der Waals surface area contributed by atoms with E-state index in [1.54, 1.807) is 0 Å². The molecule has 2 aromatic rings. The van der Waals surface area contributed by atoms with E-state index in [-0.39, 0.29) is 0 Å². The number of nitrogens with one attached hydrogen (secondary N) is 1. The minimum atomic E-state index is 0.360. The zero-order chi connectivity index (χ0) is 14.5. The molecule has 0 saturated carbocycles. The van der Waals surface area contributed by atoms with Crippen LogP contribution in [-0.4, -0.2) is 26.1 Å². The van der Waals surface area contributed by atoms with Gasteiger partial charge in [0, 0.05) is 43.3 Å². The molecule has 0 radical (unpaired) electrons. The minimum absolute atomic E-state index is 0.360. The average molecular weight is 275 g/mol. The molecule has 1 N–H and O–H groups in total. The maximum Gasteiger partial charge on any atom is 0.0540 e. The maximum atomic E-state index is 4.37. The molecule has 1 unspecified atom stereocenters. The van der Waals surface area contributed by atoms with Gasteiger partial charge < -0.3 is 5.32 Å². The molecule has 0 aliphatic heterocycles. The lowest BCUT2D eigenvalue weighted by molar-refractivity contribution is 0.489. The predicted molar refractivity (Wildman–Crippen MR) is 80.5 cm³/mol. The van der Waals surface area contributed by atoms with Crippen molar-refractivity contribution in [1.29, 1.82) is 0 Å². The fourth-order valence-corrected chi connectivity index (χ4v) is 2.48. The summed E-state index contributed by atoms with van der Waals surface area (Å²) in [6.07, 6.45) is 7.07. The number of rotatable bonds is 7. The Hall–Kier alpha value is -1.62. The van der Waals surface area contributed by atoms with Crippen molar-refractivity contribution in [3.05, 3.63) is 35.4 Å². The molecular formula is C15H25N5. The molecule has 2 aromatic heterocycles. The van der Waals surface area contributed by atoms with E-state index in [0.717, 1.165) is 25.8 Å². The van der Waals surface area contributed by atoms with Crippen LogP contribution in [0, 0.1) is 6.92 Å². The highest BCUT2D eigenvalue weighted by Gasteiger charge is 2.16. The van der Waals surface area contributed by atoms with E-state index in [0.29, 0.717) is 6.04 Å². The van der Waals surface area contributed by atoms with Gasteiger partial charge in [-0.15, -0.1) is 0 Å². The molecule has 2 rings (SSSR count). The van der Waals surface area contributed by atoms with Crippen LogP contribution in [-0.2, 0) is 20.5 Å². The summed E-state index contributed by atoms with van der Waals surface area (Å²) < 4.78 is 3.90. The Kier molecular flexibility index (Phi) is 4.95. The van der Waals surface area contributed by atoms with E-state index in [2.05, 4.69) is 35.4 Å². The first-order chi connectivity index (χ1) is 9.63. The van der Waals surface area contributed by atoms with Crippen molar-refractivity contribution in [2.45, 2.75) is 39.2 Å². The lowest BCUT2D eigenvalue weighted by Crippen LogP contribution is -2.23. The van der Waals surface area contributed by atoms with Gasteiger partial charge in [0.1, 0.15) is 0 Å². The fraction of sp³-hybridized carbons (Fsp3) is 0.600. The van der Waals surface area contributed by atoms with E-state index in [1.165, 1.54) is 17.0 Å². The largest absolute Gasteiger partial charge is 0.310 e. The Balaban J connectivity index is 2.07. The molecule has 1 atom stereocenters. The van der Waals surface area contributed by atoms with Gasteiger partial charge in [0.15, 0.2) is 0 Å². The van der Waals surface area contributed by atoms with Crippen LogP contribution in [0.5, 0.6) is 0 Å². The van der Waals surface area contributed by atoms with Gasteiger partial charge in [-0.2, -0.15) is 10.2 Å². The van der Waals surface area contributed by atoms with Gasteiger partial charge in [0.25, 0.3) is 0 Å². The normalized spacial score (nSPS) is 12.8. The topological polar surface area (TPSA) is 47.7 Å². The van der Waals surface area contributed by atoms with Gasteiger partial charge in [0.05, 0.1) is 6.20 Å². The fourth-order valence-electron chi connectivity index (χ4n) is 2.48. The van der Waals surface area contributed by atoms with Gasteiger partial charge in [-0.05, 0) is 38.8 Å². The average Bonchev–Trinajstić information content (AvgIpc) is 2.99. The molecule has 5 heteroatoms. The lowest BCUT2D eigenvalue weighted by Gasteiger charge is -2.18. The van der Waals surface area contributed by atoms with Gasteiger partial charge in [-0.1, -0.05) is 6.92 Å². The van der Waals surface area contributed by atoms with Crippen LogP contribution in [0.1, 0.15) is 42.8 Å². The van der Waals surface area contributed by atoms with Gasteiger partial charge >= 0.3 is 0 Å². The van der Waals surface area contributed by atoms with Crippen molar-refractivity contribution in [3.63, 3.8) is 0 Å². The smallest absolute Gasteiger partial charge is 0.0540 e.